The Morgan fingerprint density at radius 1 is 1.04 bits per heavy atom. The molecule has 144 valence electrons. The van der Waals surface area contributed by atoms with Gasteiger partial charge in [-0.05, 0) is 69.4 Å². The molecule has 1 aliphatic heterocycles. The number of anilines is 1. The summed E-state index contributed by atoms with van der Waals surface area (Å²) in [4.78, 5) is 14.9. The van der Waals surface area contributed by atoms with Gasteiger partial charge in [0.1, 0.15) is 0 Å². The lowest BCUT2D eigenvalue weighted by molar-refractivity contribution is 0.0917. The molecule has 1 N–H and O–H groups in total. The van der Waals surface area contributed by atoms with Crippen molar-refractivity contribution in [3.63, 3.8) is 0 Å². The van der Waals surface area contributed by atoms with Gasteiger partial charge >= 0.3 is 0 Å². The number of rotatable bonds is 5. The first kappa shape index (κ1) is 19.4. The number of hydrogen-bond donors (Lipinski definition) is 1. The van der Waals surface area contributed by atoms with Crippen molar-refractivity contribution in [1.82, 2.24) is 10.2 Å². The summed E-state index contributed by atoms with van der Waals surface area (Å²) in [5.41, 5.74) is 1.04. The molecule has 0 spiro atoms. The molecule has 0 radical (unpaired) electrons. The number of hydrogen-bond acceptors (Lipinski definition) is 4. The highest BCUT2D eigenvalue weighted by molar-refractivity contribution is 7.92. The normalized spacial score (nSPS) is 16.1. The van der Waals surface area contributed by atoms with Crippen molar-refractivity contribution in [2.24, 2.45) is 0 Å². The predicted octanol–water partition coefficient (Wildman–Crippen LogP) is 2.34. The van der Waals surface area contributed by atoms with Gasteiger partial charge in [-0.15, -0.1) is 0 Å². The fraction of sp³-hybridized carbons (Fsp3) is 0.350. The van der Waals surface area contributed by atoms with Crippen molar-refractivity contribution >= 4 is 21.6 Å². The number of carbonyl (C=O) groups is 1. The van der Waals surface area contributed by atoms with Crippen molar-refractivity contribution < 1.29 is 13.2 Å². The van der Waals surface area contributed by atoms with Crippen LogP contribution in [0.5, 0.6) is 0 Å². The number of sulfonamides is 1. The van der Waals surface area contributed by atoms with Crippen LogP contribution in [0.2, 0.25) is 0 Å². The highest BCUT2D eigenvalue weighted by Crippen LogP contribution is 2.22. The Labute approximate surface area is 160 Å². The highest BCUT2D eigenvalue weighted by Gasteiger charge is 2.22. The molecule has 1 amide bonds. The van der Waals surface area contributed by atoms with Gasteiger partial charge in [-0.2, -0.15) is 0 Å². The van der Waals surface area contributed by atoms with Gasteiger partial charge in [0.2, 0.25) is 0 Å². The van der Waals surface area contributed by atoms with Gasteiger partial charge in [0.25, 0.3) is 15.9 Å². The zero-order valence-electron chi connectivity index (χ0n) is 15.6. The summed E-state index contributed by atoms with van der Waals surface area (Å²) in [6.07, 6.45) is 1.89. The molecule has 0 unspecified atom stereocenters. The van der Waals surface area contributed by atoms with E-state index < -0.39 is 10.0 Å². The van der Waals surface area contributed by atoms with Gasteiger partial charge in [-0.25, -0.2) is 8.42 Å². The zero-order valence-corrected chi connectivity index (χ0v) is 16.4. The van der Waals surface area contributed by atoms with Crippen LogP contribution in [0.3, 0.4) is 0 Å². The van der Waals surface area contributed by atoms with Crippen molar-refractivity contribution in [3.05, 3.63) is 60.2 Å². The minimum Gasteiger partial charge on any atom is -0.349 e. The van der Waals surface area contributed by atoms with E-state index in [0.29, 0.717) is 11.3 Å². The largest absolute Gasteiger partial charge is 0.349 e. The Morgan fingerprint density at radius 2 is 1.63 bits per heavy atom. The summed E-state index contributed by atoms with van der Waals surface area (Å²) >= 11 is 0. The molecule has 0 aliphatic carbocycles. The smallest absolute Gasteiger partial charge is 0.264 e. The maximum absolute atomic E-state index is 12.7. The van der Waals surface area contributed by atoms with Gasteiger partial charge in [0.15, 0.2) is 0 Å². The van der Waals surface area contributed by atoms with Crippen LogP contribution >= 0.6 is 0 Å². The van der Waals surface area contributed by atoms with Crippen molar-refractivity contribution in [1.29, 1.82) is 0 Å². The summed E-state index contributed by atoms with van der Waals surface area (Å²) in [6, 6.07) is 15.1. The lowest BCUT2D eigenvalue weighted by atomic mass is 10.0. The van der Waals surface area contributed by atoms with Crippen LogP contribution in [0.25, 0.3) is 0 Å². The SMILES string of the molecule is CN1CCC(NC(=O)c2ccc(N(C)S(=O)(=O)c3ccccc3)cc2)CC1. The van der Waals surface area contributed by atoms with Gasteiger partial charge in [-0.3, -0.25) is 9.10 Å². The Kier molecular flexibility index (Phi) is 5.82. The number of nitrogens with zero attached hydrogens (tertiary/aromatic N) is 2. The maximum Gasteiger partial charge on any atom is 0.264 e. The van der Waals surface area contributed by atoms with Crippen molar-refractivity contribution in [2.45, 2.75) is 23.8 Å². The average molecular weight is 388 g/mol. The maximum atomic E-state index is 12.7. The Hall–Kier alpha value is -2.38. The zero-order chi connectivity index (χ0) is 19.4. The van der Waals surface area contributed by atoms with E-state index in [4.69, 9.17) is 0 Å². The second kappa shape index (κ2) is 8.10. The first-order valence-corrected chi connectivity index (χ1v) is 10.5. The molecule has 0 bridgehead atoms. The molecule has 6 nitrogen and oxygen atoms in total. The molecule has 0 saturated carbocycles. The predicted molar refractivity (Wildman–Crippen MR) is 106 cm³/mol. The molecule has 3 rings (SSSR count). The van der Waals surface area contributed by atoms with Crippen LogP contribution in [-0.4, -0.2) is 52.5 Å². The third-order valence-corrected chi connectivity index (χ3v) is 6.75. The number of likely N-dealkylation sites (tertiary alicyclic amines) is 1. The van der Waals surface area contributed by atoms with E-state index in [2.05, 4.69) is 17.3 Å². The molecule has 0 aromatic heterocycles. The van der Waals surface area contributed by atoms with E-state index in [1.54, 1.807) is 54.6 Å². The summed E-state index contributed by atoms with van der Waals surface area (Å²) in [6.45, 7) is 1.96. The van der Waals surface area contributed by atoms with Crippen LogP contribution in [0.15, 0.2) is 59.5 Å². The molecule has 2 aromatic carbocycles. The minimum absolute atomic E-state index is 0.121. The summed E-state index contributed by atoms with van der Waals surface area (Å²) in [5, 5.41) is 3.06. The second-order valence-electron chi connectivity index (χ2n) is 6.88. The quantitative estimate of drug-likeness (QED) is 0.855. The number of amides is 1. The third-order valence-electron chi connectivity index (χ3n) is 4.95. The summed E-state index contributed by atoms with van der Waals surface area (Å²) < 4.78 is 26.6. The molecule has 0 atom stereocenters. The molecule has 7 heteroatoms. The van der Waals surface area contributed by atoms with Gasteiger partial charge in [0.05, 0.1) is 10.6 Å². The lowest BCUT2D eigenvalue weighted by Crippen LogP contribution is -2.43. The summed E-state index contributed by atoms with van der Waals surface area (Å²) in [7, 11) is -0.0349. The van der Waals surface area contributed by atoms with Crippen LogP contribution in [-0.2, 0) is 10.0 Å². The first-order chi connectivity index (χ1) is 12.9. The van der Waals surface area contributed by atoms with Gasteiger partial charge in [0, 0.05) is 18.7 Å². The van der Waals surface area contributed by atoms with E-state index in [1.165, 1.54) is 11.4 Å². The second-order valence-corrected chi connectivity index (χ2v) is 8.85. The average Bonchev–Trinajstić information content (AvgIpc) is 2.70. The number of nitrogens with one attached hydrogen (secondary N) is 1. The van der Waals surface area contributed by atoms with Crippen molar-refractivity contribution in [2.75, 3.05) is 31.5 Å². The summed E-state index contributed by atoms with van der Waals surface area (Å²) in [5.74, 6) is -0.121. The monoisotopic (exact) mass is 387 g/mol. The van der Waals surface area contributed by atoms with E-state index in [-0.39, 0.29) is 16.8 Å². The Balaban J connectivity index is 1.68. The van der Waals surface area contributed by atoms with Crippen LogP contribution < -0.4 is 9.62 Å². The molecule has 1 aliphatic rings. The molecule has 1 heterocycles. The molecule has 27 heavy (non-hydrogen) atoms. The molecule has 1 saturated heterocycles. The molecule has 1 fully saturated rings. The Morgan fingerprint density at radius 3 is 2.22 bits per heavy atom. The Bertz CT molecular complexity index is 874. The van der Waals surface area contributed by atoms with E-state index in [0.717, 1.165) is 25.9 Å². The standard InChI is InChI=1S/C20H25N3O3S/c1-22-14-12-17(13-15-22)21-20(24)16-8-10-18(11-9-16)23(2)27(25,26)19-6-4-3-5-7-19/h3-11,17H,12-15H2,1-2H3,(H,21,24). The number of carbonyl (C=O) groups excluding carboxylic acids is 1. The van der Waals surface area contributed by atoms with Crippen LogP contribution in [0.4, 0.5) is 5.69 Å². The van der Waals surface area contributed by atoms with Crippen LogP contribution in [0, 0.1) is 0 Å². The van der Waals surface area contributed by atoms with Crippen LogP contribution in [0.1, 0.15) is 23.2 Å². The molecular weight excluding hydrogens is 362 g/mol. The first-order valence-electron chi connectivity index (χ1n) is 9.01. The van der Waals surface area contributed by atoms with E-state index in [1.807, 2.05) is 0 Å². The van der Waals surface area contributed by atoms with Crippen molar-refractivity contribution in [3.8, 4) is 0 Å². The van der Waals surface area contributed by atoms with E-state index >= 15 is 0 Å². The lowest BCUT2D eigenvalue weighted by Gasteiger charge is -2.29. The van der Waals surface area contributed by atoms with Gasteiger partial charge < -0.3 is 10.2 Å². The number of benzene rings is 2. The molecular formula is C20H25N3O3S. The van der Waals surface area contributed by atoms with E-state index in [9.17, 15) is 13.2 Å². The fourth-order valence-corrected chi connectivity index (χ4v) is 4.35. The highest BCUT2D eigenvalue weighted by atomic mass is 32.2. The fourth-order valence-electron chi connectivity index (χ4n) is 3.13. The topological polar surface area (TPSA) is 69.7 Å². The third kappa shape index (κ3) is 4.48. The number of piperidine rings is 1. The minimum atomic E-state index is -3.62. The molecule has 2 aromatic rings. The van der Waals surface area contributed by atoms with Gasteiger partial charge in [-0.1, -0.05) is 18.2 Å².